The highest BCUT2D eigenvalue weighted by atomic mass is 32.2. The highest BCUT2D eigenvalue weighted by Crippen LogP contribution is 2.19. The number of nitrogens with one attached hydrogen (secondary N) is 1. The van der Waals surface area contributed by atoms with Gasteiger partial charge in [-0.05, 0) is 34.5 Å². The third-order valence-electron chi connectivity index (χ3n) is 2.86. The lowest BCUT2D eigenvalue weighted by Gasteiger charge is -2.03. The molecule has 0 radical (unpaired) electrons. The molecule has 0 amide bonds. The van der Waals surface area contributed by atoms with Gasteiger partial charge in [0.1, 0.15) is 11.4 Å². The van der Waals surface area contributed by atoms with Crippen molar-refractivity contribution in [3.05, 3.63) is 52.3 Å². The van der Waals surface area contributed by atoms with Crippen LogP contribution in [0.4, 0.5) is 0 Å². The van der Waals surface area contributed by atoms with E-state index in [0.717, 1.165) is 10.9 Å². The fourth-order valence-electron chi connectivity index (χ4n) is 1.86. The molecule has 0 saturated heterocycles. The van der Waals surface area contributed by atoms with E-state index in [2.05, 4.69) is 9.88 Å². The molecule has 3 aromatic rings. The highest BCUT2D eigenvalue weighted by molar-refractivity contribution is 7.88. The first-order valence-corrected chi connectivity index (χ1v) is 8.55. The number of hydrogen-bond donors (Lipinski definition) is 1. The van der Waals surface area contributed by atoms with Gasteiger partial charge in [-0.3, -0.25) is 0 Å². The summed E-state index contributed by atoms with van der Waals surface area (Å²) in [6, 6.07) is 9.10. The zero-order chi connectivity index (χ0) is 14.0. The summed E-state index contributed by atoms with van der Waals surface area (Å²) in [6.45, 7) is 0.293. The van der Waals surface area contributed by atoms with Crippen molar-refractivity contribution in [2.45, 2.75) is 12.3 Å². The van der Waals surface area contributed by atoms with E-state index >= 15 is 0 Å². The molecule has 3 rings (SSSR count). The van der Waals surface area contributed by atoms with Gasteiger partial charge in [0.05, 0.1) is 0 Å². The quantitative estimate of drug-likeness (QED) is 0.786. The molecule has 0 aliphatic heterocycles. The molecule has 20 heavy (non-hydrogen) atoms. The Balaban J connectivity index is 1.76. The van der Waals surface area contributed by atoms with Gasteiger partial charge in [-0.15, -0.1) is 0 Å². The third kappa shape index (κ3) is 2.90. The topological polar surface area (TPSA) is 72.2 Å². The summed E-state index contributed by atoms with van der Waals surface area (Å²) in [6.07, 6.45) is 0. The molecule has 0 aliphatic rings. The molecule has 1 aromatic carbocycles. The maximum absolute atomic E-state index is 12.0. The van der Waals surface area contributed by atoms with Gasteiger partial charge in [-0.25, -0.2) is 13.1 Å². The number of fused-ring (bicyclic) bond motifs is 1. The smallest absolute Gasteiger partial charge is 0.217 e. The van der Waals surface area contributed by atoms with Crippen molar-refractivity contribution >= 4 is 32.3 Å². The molecule has 0 aliphatic carbocycles. The molecule has 7 heteroatoms. The van der Waals surface area contributed by atoms with E-state index in [4.69, 9.17) is 4.52 Å². The van der Waals surface area contributed by atoms with E-state index < -0.39 is 10.0 Å². The number of benzene rings is 1. The average Bonchev–Trinajstić information content (AvgIpc) is 3.07. The van der Waals surface area contributed by atoms with E-state index in [1.165, 1.54) is 11.3 Å². The standard InChI is InChI=1S/C13H12N2O3S2/c16-20(17,14-7-10-5-6-19-8-10)9-12-11-3-1-2-4-13(11)18-15-12/h1-6,8,14H,7,9H2. The zero-order valence-electron chi connectivity index (χ0n) is 10.4. The van der Waals surface area contributed by atoms with Gasteiger partial charge in [0.2, 0.25) is 10.0 Å². The number of nitrogens with zero attached hydrogens (tertiary/aromatic N) is 1. The lowest BCUT2D eigenvalue weighted by molar-refractivity contribution is 0.448. The molecule has 104 valence electrons. The summed E-state index contributed by atoms with van der Waals surface area (Å²) >= 11 is 1.54. The van der Waals surface area contributed by atoms with E-state index in [0.29, 0.717) is 17.8 Å². The second kappa shape index (κ2) is 5.35. The van der Waals surface area contributed by atoms with Crippen LogP contribution in [0.25, 0.3) is 11.0 Å². The fraction of sp³-hybridized carbons (Fsp3) is 0.154. The largest absolute Gasteiger partial charge is 0.356 e. The second-order valence-electron chi connectivity index (χ2n) is 4.34. The number of rotatable bonds is 5. The number of sulfonamides is 1. The van der Waals surface area contributed by atoms with Crippen LogP contribution in [0.2, 0.25) is 0 Å². The second-order valence-corrected chi connectivity index (χ2v) is 6.92. The third-order valence-corrected chi connectivity index (χ3v) is 4.82. The lowest BCUT2D eigenvalue weighted by Crippen LogP contribution is -2.24. The van der Waals surface area contributed by atoms with E-state index in [9.17, 15) is 8.42 Å². The summed E-state index contributed by atoms with van der Waals surface area (Å²) < 4.78 is 31.8. The van der Waals surface area contributed by atoms with Crippen molar-refractivity contribution in [3.63, 3.8) is 0 Å². The molecule has 0 unspecified atom stereocenters. The molecule has 1 N–H and O–H groups in total. The van der Waals surface area contributed by atoms with Gasteiger partial charge in [0, 0.05) is 11.9 Å². The van der Waals surface area contributed by atoms with Crippen molar-refractivity contribution < 1.29 is 12.9 Å². The van der Waals surface area contributed by atoms with Crippen LogP contribution in [-0.4, -0.2) is 13.6 Å². The highest BCUT2D eigenvalue weighted by Gasteiger charge is 2.17. The Bertz CT molecular complexity index is 807. The molecule has 0 bridgehead atoms. The van der Waals surface area contributed by atoms with Crippen molar-refractivity contribution in [1.82, 2.24) is 9.88 Å². The van der Waals surface area contributed by atoms with Gasteiger partial charge in [0.15, 0.2) is 5.58 Å². The van der Waals surface area contributed by atoms with Crippen LogP contribution < -0.4 is 4.72 Å². The Morgan fingerprint density at radius 1 is 1.25 bits per heavy atom. The maximum Gasteiger partial charge on any atom is 0.217 e. The summed E-state index contributed by atoms with van der Waals surface area (Å²) in [4.78, 5) is 0. The number of thiophene rings is 1. The van der Waals surface area contributed by atoms with Gasteiger partial charge in [-0.2, -0.15) is 11.3 Å². The van der Waals surface area contributed by atoms with E-state index in [1.807, 2.05) is 29.0 Å². The molecule has 0 spiro atoms. The minimum Gasteiger partial charge on any atom is -0.356 e. The number of aromatic nitrogens is 1. The van der Waals surface area contributed by atoms with Gasteiger partial charge in [0.25, 0.3) is 0 Å². The maximum atomic E-state index is 12.0. The molecule has 2 heterocycles. The summed E-state index contributed by atoms with van der Waals surface area (Å²) in [5.41, 5.74) is 1.97. The van der Waals surface area contributed by atoms with Crippen LogP contribution in [0.3, 0.4) is 0 Å². The van der Waals surface area contributed by atoms with Crippen LogP contribution in [0, 0.1) is 0 Å². The Morgan fingerprint density at radius 2 is 2.10 bits per heavy atom. The molecule has 2 aromatic heterocycles. The predicted molar refractivity (Wildman–Crippen MR) is 77.8 cm³/mol. The van der Waals surface area contributed by atoms with Gasteiger partial charge < -0.3 is 4.52 Å². The Labute approximate surface area is 120 Å². The van der Waals surface area contributed by atoms with Crippen molar-refractivity contribution in [1.29, 1.82) is 0 Å². The van der Waals surface area contributed by atoms with Crippen molar-refractivity contribution in [3.8, 4) is 0 Å². The lowest BCUT2D eigenvalue weighted by atomic mass is 10.2. The summed E-state index contributed by atoms with van der Waals surface area (Å²) in [7, 11) is -3.44. The monoisotopic (exact) mass is 308 g/mol. The van der Waals surface area contributed by atoms with Crippen LogP contribution in [0.5, 0.6) is 0 Å². The normalized spacial score (nSPS) is 12.0. The minimum absolute atomic E-state index is 0.186. The first-order valence-electron chi connectivity index (χ1n) is 5.96. The molecule has 0 saturated carbocycles. The van der Waals surface area contributed by atoms with Crippen molar-refractivity contribution in [2.75, 3.05) is 0 Å². The van der Waals surface area contributed by atoms with Crippen LogP contribution in [0.1, 0.15) is 11.3 Å². The first-order chi connectivity index (χ1) is 9.64. The molecule has 5 nitrogen and oxygen atoms in total. The van der Waals surface area contributed by atoms with Gasteiger partial charge in [-0.1, -0.05) is 17.3 Å². The Hall–Kier alpha value is -1.70. The minimum atomic E-state index is -3.44. The van der Waals surface area contributed by atoms with Gasteiger partial charge >= 0.3 is 0 Å². The number of hydrogen-bond acceptors (Lipinski definition) is 5. The first kappa shape index (κ1) is 13.3. The molecule has 0 fully saturated rings. The zero-order valence-corrected chi connectivity index (χ0v) is 12.1. The van der Waals surface area contributed by atoms with E-state index in [1.54, 1.807) is 12.1 Å². The summed E-state index contributed by atoms with van der Waals surface area (Å²) in [5, 5.41) is 8.39. The van der Waals surface area contributed by atoms with E-state index in [-0.39, 0.29) is 5.75 Å². The van der Waals surface area contributed by atoms with Crippen molar-refractivity contribution in [2.24, 2.45) is 0 Å². The molecular formula is C13H12N2O3S2. The predicted octanol–water partition coefficient (Wildman–Crippen LogP) is 2.51. The van der Waals surface area contributed by atoms with Crippen LogP contribution in [0.15, 0.2) is 45.6 Å². The number of para-hydroxylation sites is 1. The van der Waals surface area contributed by atoms with Crippen LogP contribution >= 0.6 is 11.3 Å². The Morgan fingerprint density at radius 3 is 2.90 bits per heavy atom. The Kier molecular flexibility index (Phi) is 3.56. The molecule has 0 atom stereocenters. The fourth-order valence-corrected chi connectivity index (χ4v) is 3.59. The van der Waals surface area contributed by atoms with Crippen LogP contribution in [-0.2, 0) is 22.3 Å². The SMILES string of the molecule is O=S(=O)(Cc1noc2ccccc12)NCc1ccsc1. The average molecular weight is 308 g/mol. The molecular weight excluding hydrogens is 296 g/mol. The summed E-state index contributed by atoms with van der Waals surface area (Å²) in [5.74, 6) is -0.186.